The Bertz CT molecular complexity index is 326. The maximum atomic E-state index is 11.3. The van der Waals surface area contributed by atoms with E-state index in [1.807, 2.05) is 7.05 Å². The molecule has 1 spiro atoms. The van der Waals surface area contributed by atoms with Gasteiger partial charge in [0.2, 0.25) is 0 Å². The average Bonchev–Trinajstić information content (AvgIpc) is 2.68. The molecule has 2 aliphatic heterocycles. The Morgan fingerprint density at radius 1 is 1.80 bits per heavy atom. The van der Waals surface area contributed by atoms with E-state index < -0.39 is 0 Å². The number of cyclic esters (lactones) is 1. The SMILES string of the molecule is CN1CCC2(CC(=O)OC2CN=[N+]=[N-])C1. The molecule has 0 aliphatic carbocycles. The van der Waals surface area contributed by atoms with Crippen LogP contribution in [0.4, 0.5) is 0 Å². The maximum Gasteiger partial charge on any atom is 0.306 e. The normalized spacial score (nSPS) is 35.5. The van der Waals surface area contributed by atoms with Crippen molar-refractivity contribution in [3.05, 3.63) is 10.4 Å². The van der Waals surface area contributed by atoms with Gasteiger partial charge in [0.05, 0.1) is 13.0 Å². The highest BCUT2D eigenvalue weighted by Crippen LogP contribution is 2.43. The molecule has 15 heavy (non-hydrogen) atoms. The Hall–Kier alpha value is -1.26. The third-order valence-corrected chi connectivity index (χ3v) is 3.34. The lowest BCUT2D eigenvalue weighted by molar-refractivity contribution is -0.141. The molecule has 0 N–H and O–H groups in total. The lowest BCUT2D eigenvalue weighted by Gasteiger charge is -2.26. The molecule has 2 unspecified atom stereocenters. The fraction of sp³-hybridized carbons (Fsp3) is 0.889. The Labute approximate surface area is 87.8 Å². The molecule has 82 valence electrons. The maximum absolute atomic E-state index is 11.3. The molecule has 0 saturated carbocycles. The van der Waals surface area contributed by atoms with Gasteiger partial charge in [-0.15, -0.1) is 0 Å². The van der Waals surface area contributed by atoms with E-state index in [4.69, 9.17) is 10.3 Å². The molecule has 2 rings (SSSR count). The van der Waals surface area contributed by atoms with Gasteiger partial charge in [-0.3, -0.25) is 4.79 Å². The van der Waals surface area contributed by atoms with Gasteiger partial charge >= 0.3 is 5.97 Å². The zero-order valence-electron chi connectivity index (χ0n) is 8.72. The van der Waals surface area contributed by atoms with Gasteiger partial charge in [0.1, 0.15) is 6.10 Å². The van der Waals surface area contributed by atoms with Crippen LogP contribution in [-0.2, 0) is 9.53 Å². The summed E-state index contributed by atoms with van der Waals surface area (Å²) in [6.45, 7) is 2.09. The zero-order valence-corrected chi connectivity index (χ0v) is 8.72. The summed E-state index contributed by atoms with van der Waals surface area (Å²) in [4.78, 5) is 16.2. The minimum atomic E-state index is -0.231. The van der Waals surface area contributed by atoms with Gasteiger partial charge in [0.15, 0.2) is 0 Å². The number of carbonyl (C=O) groups is 1. The van der Waals surface area contributed by atoms with Gasteiger partial charge < -0.3 is 9.64 Å². The molecule has 2 saturated heterocycles. The number of hydrogen-bond acceptors (Lipinski definition) is 4. The van der Waals surface area contributed by atoms with Gasteiger partial charge in [-0.1, -0.05) is 5.11 Å². The molecule has 2 atom stereocenters. The summed E-state index contributed by atoms with van der Waals surface area (Å²) in [5, 5.41) is 3.52. The fourth-order valence-corrected chi connectivity index (χ4v) is 2.58. The summed E-state index contributed by atoms with van der Waals surface area (Å²) in [5.41, 5.74) is 8.17. The van der Waals surface area contributed by atoms with Crippen molar-refractivity contribution in [3.63, 3.8) is 0 Å². The zero-order chi connectivity index (χ0) is 10.9. The molecule has 2 fully saturated rings. The minimum absolute atomic E-state index is 0.111. The number of azide groups is 1. The van der Waals surface area contributed by atoms with E-state index in [0.717, 1.165) is 19.5 Å². The van der Waals surface area contributed by atoms with Crippen LogP contribution in [0.5, 0.6) is 0 Å². The van der Waals surface area contributed by atoms with Crippen molar-refractivity contribution >= 4 is 5.97 Å². The van der Waals surface area contributed by atoms with E-state index in [1.165, 1.54) is 0 Å². The molecule has 0 aromatic carbocycles. The van der Waals surface area contributed by atoms with Crippen LogP contribution < -0.4 is 0 Å². The van der Waals surface area contributed by atoms with Crippen LogP contribution in [0, 0.1) is 5.41 Å². The molecule has 6 nitrogen and oxygen atoms in total. The van der Waals surface area contributed by atoms with Gasteiger partial charge in [-0.2, -0.15) is 0 Å². The van der Waals surface area contributed by atoms with Crippen molar-refractivity contribution in [1.82, 2.24) is 4.90 Å². The number of ether oxygens (including phenoxy) is 1. The molecule has 0 aromatic rings. The Kier molecular flexibility index (Phi) is 2.54. The molecule has 0 amide bonds. The summed E-state index contributed by atoms with van der Waals surface area (Å²) in [6.07, 6.45) is 1.18. The summed E-state index contributed by atoms with van der Waals surface area (Å²) in [7, 11) is 2.03. The predicted octanol–water partition coefficient (Wildman–Crippen LogP) is 0.934. The number of hydrogen-bond donors (Lipinski definition) is 0. The summed E-state index contributed by atoms with van der Waals surface area (Å²) >= 11 is 0. The van der Waals surface area contributed by atoms with Crippen LogP contribution >= 0.6 is 0 Å². The van der Waals surface area contributed by atoms with Crippen molar-refractivity contribution < 1.29 is 9.53 Å². The topological polar surface area (TPSA) is 78.3 Å². The Balaban J connectivity index is 2.14. The first kappa shape index (κ1) is 10.3. The van der Waals surface area contributed by atoms with Crippen molar-refractivity contribution in [1.29, 1.82) is 0 Å². The van der Waals surface area contributed by atoms with Crippen LogP contribution in [0.2, 0.25) is 0 Å². The number of rotatable bonds is 2. The lowest BCUT2D eigenvalue weighted by Crippen LogP contribution is -2.35. The largest absolute Gasteiger partial charge is 0.462 e. The first-order valence-corrected chi connectivity index (χ1v) is 5.05. The number of nitrogens with zero attached hydrogens (tertiary/aromatic N) is 4. The number of likely N-dealkylation sites (tertiary alicyclic amines) is 1. The van der Waals surface area contributed by atoms with Crippen molar-refractivity contribution in [3.8, 4) is 0 Å². The molecule has 2 heterocycles. The first-order valence-electron chi connectivity index (χ1n) is 5.05. The number of esters is 1. The van der Waals surface area contributed by atoms with E-state index in [9.17, 15) is 4.79 Å². The van der Waals surface area contributed by atoms with Crippen LogP contribution in [0.15, 0.2) is 5.11 Å². The third-order valence-electron chi connectivity index (χ3n) is 3.34. The minimum Gasteiger partial charge on any atom is -0.462 e. The quantitative estimate of drug-likeness (QED) is 0.294. The van der Waals surface area contributed by atoms with E-state index in [1.54, 1.807) is 0 Å². The molecular formula is C9H14N4O2. The van der Waals surface area contributed by atoms with Crippen molar-refractivity contribution in [2.75, 3.05) is 26.7 Å². The Morgan fingerprint density at radius 3 is 3.20 bits per heavy atom. The fourth-order valence-electron chi connectivity index (χ4n) is 2.58. The van der Waals surface area contributed by atoms with Crippen LogP contribution in [0.3, 0.4) is 0 Å². The van der Waals surface area contributed by atoms with Gasteiger partial charge in [0.25, 0.3) is 0 Å². The van der Waals surface area contributed by atoms with E-state index in [0.29, 0.717) is 6.42 Å². The summed E-state index contributed by atoms with van der Waals surface area (Å²) < 4.78 is 5.22. The molecular weight excluding hydrogens is 196 g/mol. The predicted molar refractivity (Wildman–Crippen MR) is 53.1 cm³/mol. The van der Waals surface area contributed by atoms with Crippen molar-refractivity contribution in [2.45, 2.75) is 18.9 Å². The van der Waals surface area contributed by atoms with Crippen LogP contribution in [0.1, 0.15) is 12.8 Å². The smallest absolute Gasteiger partial charge is 0.306 e. The molecule has 6 heteroatoms. The van der Waals surface area contributed by atoms with Crippen LogP contribution in [0.25, 0.3) is 10.4 Å². The van der Waals surface area contributed by atoms with E-state index >= 15 is 0 Å². The first-order chi connectivity index (χ1) is 7.16. The average molecular weight is 210 g/mol. The second-order valence-corrected chi connectivity index (χ2v) is 4.42. The van der Waals surface area contributed by atoms with E-state index in [2.05, 4.69) is 14.9 Å². The molecule has 2 aliphatic rings. The Morgan fingerprint density at radius 2 is 2.60 bits per heavy atom. The second kappa shape index (κ2) is 3.72. The van der Waals surface area contributed by atoms with Gasteiger partial charge in [-0.25, -0.2) is 0 Å². The molecule has 0 bridgehead atoms. The highest BCUT2D eigenvalue weighted by Gasteiger charge is 2.51. The molecule has 0 radical (unpaired) electrons. The third kappa shape index (κ3) is 1.78. The van der Waals surface area contributed by atoms with Crippen molar-refractivity contribution in [2.24, 2.45) is 10.5 Å². The highest BCUT2D eigenvalue weighted by molar-refractivity contribution is 5.73. The monoisotopic (exact) mass is 210 g/mol. The van der Waals surface area contributed by atoms with E-state index in [-0.39, 0.29) is 24.0 Å². The molecule has 0 aromatic heterocycles. The van der Waals surface area contributed by atoms with Gasteiger partial charge in [-0.05, 0) is 25.5 Å². The second-order valence-electron chi connectivity index (χ2n) is 4.42. The summed E-state index contributed by atoms with van der Waals surface area (Å²) in [6, 6.07) is 0. The highest BCUT2D eigenvalue weighted by atomic mass is 16.6. The van der Waals surface area contributed by atoms with Crippen LogP contribution in [-0.4, -0.2) is 43.7 Å². The summed E-state index contributed by atoms with van der Waals surface area (Å²) in [5.74, 6) is -0.163. The number of carbonyl (C=O) groups excluding carboxylic acids is 1. The lowest BCUT2D eigenvalue weighted by atomic mass is 9.80. The van der Waals surface area contributed by atoms with Gasteiger partial charge in [0, 0.05) is 16.9 Å². The standard InChI is InChI=1S/C9H14N4O2/c1-13-3-2-9(6-13)4-8(14)15-7(9)5-11-12-10/h7H,2-6H2,1H3.